The second kappa shape index (κ2) is 4.63. The number of rotatable bonds is 3. The van der Waals surface area contributed by atoms with Gasteiger partial charge in [-0.05, 0) is 17.5 Å². The quantitative estimate of drug-likeness (QED) is 0.897. The van der Waals surface area contributed by atoms with Crippen LogP contribution in [0.25, 0.3) is 5.52 Å². The fourth-order valence-corrected chi connectivity index (χ4v) is 2.12. The molecule has 2 aromatic heterocycles. The Balaban J connectivity index is 2.77. The molecular formula is C14H16N2O4. The Morgan fingerprint density at radius 1 is 1.25 bits per heavy atom. The average Bonchev–Trinajstić information content (AvgIpc) is 2.66. The molecule has 2 heterocycles. The Hall–Kier alpha value is -2.37. The van der Waals surface area contributed by atoms with Crippen LogP contribution in [0, 0.1) is 5.41 Å². The Bertz CT molecular complexity index is 695. The maximum Gasteiger partial charge on any atom is 0.356 e. The van der Waals surface area contributed by atoms with Crippen molar-refractivity contribution in [2.75, 3.05) is 0 Å². The van der Waals surface area contributed by atoms with Crippen molar-refractivity contribution >= 4 is 17.5 Å². The molecule has 2 N–H and O–H groups in total. The molecule has 0 fully saturated rings. The average molecular weight is 276 g/mol. The summed E-state index contributed by atoms with van der Waals surface area (Å²) >= 11 is 0. The van der Waals surface area contributed by atoms with E-state index in [0.29, 0.717) is 12.2 Å². The van der Waals surface area contributed by atoms with Crippen LogP contribution in [0.3, 0.4) is 0 Å². The van der Waals surface area contributed by atoms with Crippen LogP contribution in [0.2, 0.25) is 0 Å². The van der Waals surface area contributed by atoms with Gasteiger partial charge in [-0.25, -0.2) is 14.6 Å². The van der Waals surface area contributed by atoms with Gasteiger partial charge in [0.15, 0.2) is 5.69 Å². The summed E-state index contributed by atoms with van der Waals surface area (Å²) in [5.74, 6) is -1.84. The molecule has 0 aromatic carbocycles. The SMILES string of the molecule is CC(C)(C)Cc1nc(C(=O)O)c2c(C(=O)O)cccn12. The summed E-state index contributed by atoms with van der Waals surface area (Å²) in [7, 11) is 0. The van der Waals surface area contributed by atoms with E-state index in [4.69, 9.17) is 0 Å². The molecule has 0 unspecified atom stereocenters. The molecule has 0 bridgehead atoms. The number of pyridine rings is 1. The highest BCUT2D eigenvalue weighted by molar-refractivity contribution is 6.03. The van der Waals surface area contributed by atoms with Crippen LogP contribution >= 0.6 is 0 Å². The third-order valence-electron chi connectivity index (χ3n) is 2.86. The number of aromatic nitrogens is 2. The van der Waals surface area contributed by atoms with E-state index in [1.807, 2.05) is 20.8 Å². The first-order valence-electron chi connectivity index (χ1n) is 6.17. The van der Waals surface area contributed by atoms with E-state index in [1.165, 1.54) is 6.07 Å². The van der Waals surface area contributed by atoms with Gasteiger partial charge in [0, 0.05) is 12.6 Å². The van der Waals surface area contributed by atoms with Crippen LogP contribution < -0.4 is 0 Å². The van der Waals surface area contributed by atoms with Gasteiger partial charge in [0.25, 0.3) is 0 Å². The van der Waals surface area contributed by atoms with Crippen molar-refractivity contribution in [2.45, 2.75) is 27.2 Å². The van der Waals surface area contributed by atoms with E-state index in [2.05, 4.69) is 4.98 Å². The smallest absolute Gasteiger partial charge is 0.356 e. The van der Waals surface area contributed by atoms with Crippen molar-refractivity contribution in [2.24, 2.45) is 5.41 Å². The van der Waals surface area contributed by atoms with Gasteiger partial charge in [-0.3, -0.25) is 0 Å². The lowest BCUT2D eigenvalue weighted by Crippen LogP contribution is -2.12. The summed E-state index contributed by atoms with van der Waals surface area (Å²) in [5.41, 5.74) is -0.234. The minimum absolute atomic E-state index is 0.0578. The van der Waals surface area contributed by atoms with Gasteiger partial charge in [0.1, 0.15) is 5.82 Å². The number of carboxylic acid groups (broad SMARTS) is 2. The Labute approximate surface area is 115 Å². The number of fused-ring (bicyclic) bond motifs is 1. The first kappa shape index (κ1) is 14.0. The molecule has 0 spiro atoms. The van der Waals surface area contributed by atoms with Gasteiger partial charge in [0.2, 0.25) is 0 Å². The van der Waals surface area contributed by atoms with Crippen molar-refractivity contribution in [1.82, 2.24) is 9.38 Å². The molecule has 0 atom stereocenters. The summed E-state index contributed by atoms with van der Waals surface area (Å²) in [5, 5.41) is 18.4. The van der Waals surface area contributed by atoms with Crippen LogP contribution in [0.5, 0.6) is 0 Å². The predicted molar refractivity (Wildman–Crippen MR) is 72.3 cm³/mol. The van der Waals surface area contributed by atoms with Gasteiger partial charge in [-0.15, -0.1) is 0 Å². The number of imidazole rings is 1. The highest BCUT2D eigenvalue weighted by Crippen LogP contribution is 2.24. The summed E-state index contributed by atoms with van der Waals surface area (Å²) in [6.07, 6.45) is 2.19. The zero-order chi connectivity index (χ0) is 15.1. The second-order valence-electron chi connectivity index (χ2n) is 5.86. The fraction of sp³-hybridized carbons (Fsp3) is 0.357. The number of aromatic carboxylic acids is 2. The standard InChI is InChI=1S/C14H16N2O4/c1-14(2,3)7-9-15-10(13(19)20)11-8(12(17)18)5-4-6-16(9)11/h4-6H,7H2,1-3H3,(H,17,18)(H,19,20). The zero-order valence-corrected chi connectivity index (χ0v) is 11.5. The Morgan fingerprint density at radius 2 is 1.90 bits per heavy atom. The minimum Gasteiger partial charge on any atom is -0.478 e. The molecule has 0 aliphatic heterocycles. The maximum atomic E-state index is 11.3. The highest BCUT2D eigenvalue weighted by atomic mass is 16.4. The largest absolute Gasteiger partial charge is 0.478 e. The molecule has 2 rings (SSSR count). The number of hydrogen-bond acceptors (Lipinski definition) is 3. The molecule has 0 aliphatic rings. The lowest BCUT2D eigenvalue weighted by molar-refractivity contribution is 0.0691. The van der Waals surface area contributed by atoms with Gasteiger partial charge in [0.05, 0.1) is 11.1 Å². The molecule has 0 amide bonds. The molecule has 6 nitrogen and oxygen atoms in total. The van der Waals surface area contributed by atoms with Crippen LogP contribution in [-0.2, 0) is 6.42 Å². The highest BCUT2D eigenvalue weighted by Gasteiger charge is 2.24. The zero-order valence-electron chi connectivity index (χ0n) is 11.5. The third-order valence-corrected chi connectivity index (χ3v) is 2.86. The van der Waals surface area contributed by atoms with Gasteiger partial charge in [-0.2, -0.15) is 0 Å². The van der Waals surface area contributed by atoms with E-state index in [0.717, 1.165) is 0 Å². The maximum absolute atomic E-state index is 11.3. The van der Waals surface area contributed by atoms with Crippen LogP contribution in [-0.4, -0.2) is 31.5 Å². The van der Waals surface area contributed by atoms with Crippen LogP contribution in [0.4, 0.5) is 0 Å². The molecular weight excluding hydrogens is 260 g/mol. The first-order chi connectivity index (χ1) is 9.20. The van der Waals surface area contributed by atoms with Crippen molar-refractivity contribution < 1.29 is 19.8 Å². The number of nitrogens with zero attached hydrogens (tertiary/aromatic N) is 2. The van der Waals surface area contributed by atoms with E-state index in [-0.39, 0.29) is 22.2 Å². The molecule has 0 saturated carbocycles. The Kier molecular flexibility index (Phi) is 3.25. The number of carbonyl (C=O) groups is 2. The van der Waals surface area contributed by atoms with Crippen molar-refractivity contribution in [3.63, 3.8) is 0 Å². The fourth-order valence-electron chi connectivity index (χ4n) is 2.12. The summed E-state index contributed by atoms with van der Waals surface area (Å²) in [4.78, 5) is 26.7. The normalized spacial score (nSPS) is 11.8. The lowest BCUT2D eigenvalue weighted by atomic mass is 9.92. The summed E-state index contributed by atoms with van der Waals surface area (Å²) < 4.78 is 1.55. The molecule has 106 valence electrons. The molecule has 2 aromatic rings. The second-order valence-corrected chi connectivity index (χ2v) is 5.86. The predicted octanol–water partition coefficient (Wildman–Crippen LogP) is 2.32. The van der Waals surface area contributed by atoms with Crippen molar-refractivity contribution in [1.29, 1.82) is 0 Å². The molecule has 0 aliphatic carbocycles. The molecule has 0 radical (unpaired) electrons. The third kappa shape index (κ3) is 2.49. The van der Waals surface area contributed by atoms with Crippen molar-refractivity contribution in [3.8, 4) is 0 Å². The number of hydrogen-bond donors (Lipinski definition) is 2. The van der Waals surface area contributed by atoms with E-state index in [1.54, 1.807) is 16.7 Å². The summed E-state index contributed by atoms with van der Waals surface area (Å²) in [6.45, 7) is 6.03. The number of carboxylic acids is 2. The van der Waals surface area contributed by atoms with Gasteiger partial charge in [-0.1, -0.05) is 20.8 Å². The first-order valence-corrected chi connectivity index (χ1v) is 6.17. The van der Waals surface area contributed by atoms with Crippen LogP contribution in [0.15, 0.2) is 18.3 Å². The molecule has 6 heteroatoms. The lowest BCUT2D eigenvalue weighted by Gasteiger charge is -2.16. The van der Waals surface area contributed by atoms with E-state index >= 15 is 0 Å². The van der Waals surface area contributed by atoms with Crippen molar-refractivity contribution in [3.05, 3.63) is 35.4 Å². The Morgan fingerprint density at radius 3 is 2.40 bits per heavy atom. The van der Waals surface area contributed by atoms with Gasteiger partial charge >= 0.3 is 11.9 Å². The monoisotopic (exact) mass is 276 g/mol. The van der Waals surface area contributed by atoms with E-state index in [9.17, 15) is 19.8 Å². The molecule has 0 saturated heterocycles. The minimum atomic E-state index is -1.23. The van der Waals surface area contributed by atoms with Crippen LogP contribution in [0.1, 0.15) is 47.4 Å². The van der Waals surface area contributed by atoms with Gasteiger partial charge < -0.3 is 14.6 Å². The summed E-state index contributed by atoms with van der Waals surface area (Å²) in [6, 6.07) is 2.96. The van der Waals surface area contributed by atoms with E-state index < -0.39 is 11.9 Å². The topological polar surface area (TPSA) is 91.9 Å². The molecule has 20 heavy (non-hydrogen) atoms.